The molecule has 1 fully saturated rings. The van der Waals surface area contributed by atoms with Gasteiger partial charge in [0.2, 0.25) is 0 Å². The molecule has 11 heteroatoms. The summed E-state index contributed by atoms with van der Waals surface area (Å²) in [5.41, 5.74) is 5.74. The summed E-state index contributed by atoms with van der Waals surface area (Å²) in [5.74, 6) is 2.60. The molecule has 186 valence electrons. The second kappa shape index (κ2) is 13.9. The average Bonchev–Trinajstić information content (AvgIpc) is 3.33. The average molecular weight is 485 g/mol. The van der Waals surface area contributed by atoms with Crippen molar-refractivity contribution in [2.45, 2.75) is 25.2 Å². The van der Waals surface area contributed by atoms with Gasteiger partial charge in [0.1, 0.15) is 31.4 Å². The van der Waals surface area contributed by atoms with Gasteiger partial charge in [0.25, 0.3) is 5.91 Å². The number of benzene rings is 1. The highest BCUT2D eigenvalue weighted by atomic mass is 16.5. The number of nitrogens with one attached hydrogen (secondary N) is 1. The van der Waals surface area contributed by atoms with Gasteiger partial charge in [-0.3, -0.25) is 14.2 Å². The molecule has 3 rings (SSSR count). The van der Waals surface area contributed by atoms with Crippen molar-refractivity contribution in [1.82, 2.24) is 14.9 Å². The molecule has 1 amide bonds. The summed E-state index contributed by atoms with van der Waals surface area (Å²) in [6.07, 6.45) is 5.65. The van der Waals surface area contributed by atoms with E-state index in [-0.39, 0.29) is 37.3 Å². The monoisotopic (exact) mass is 484 g/mol. The third-order valence-corrected chi connectivity index (χ3v) is 5.07. The number of rotatable bonds is 12. The lowest BCUT2D eigenvalue weighted by atomic mass is 10.1. The number of aromatic nitrogens is 2. The van der Waals surface area contributed by atoms with Crippen molar-refractivity contribution >= 4 is 18.0 Å². The van der Waals surface area contributed by atoms with Gasteiger partial charge >= 0.3 is 5.69 Å². The van der Waals surface area contributed by atoms with Gasteiger partial charge in [-0.2, -0.15) is 4.98 Å². The summed E-state index contributed by atoms with van der Waals surface area (Å²) in [6, 6.07) is 8.14. The van der Waals surface area contributed by atoms with Crippen LogP contribution in [0.5, 0.6) is 0 Å². The molecule has 3 N–H and O–H groups in total. The van der Waals surface area contributed by atoms with Crippen molar-refractivity contribution in [3.05, 3.63) is 58.1 Å². The number of carbonyl (C=O) groups excluding carboxylic acids is 2. The highest BCUT2D eigenvalue weighted by Gasteiger charge is 2.27. The lowest BCUT2D eigenvalue weighted by molar-refractivity contribution is -0.0246. The number of nitrogens with two attached hydrogens (primary N) is 1. The predicted octanol–water partition coefficient (Wildman–Crippen LogP) is 0.756. The van der Waals surface area contributed by atoms with Crippen molar-refractivity contribution < 1.29 is 28.5 Å². The van der Waals surface area contributed by atoms with Gasteiger partial charge in [-0.1, -0.05) is 18.2 Å². The highest BCUT2D eigenvalue weighted by molar-refractivity contribution is 6.01. The fourth-order valence-corrected chi connectivity index (χ4v) is 3.36. The molecule has 0 bridgehead atoms. The number of carbonyl (C=O) groups is 2. The van der Waals surface area contributed by atoms with Crippen LogP contribution in [0.1, 0.15) is 39.8 Å². The zero-order chi connectivity index (χ0) is 24.9. The van der Waals surface area contributed by atoms with Gasteiger partial charge in [0, 0.05) is 23.9 Å². The SMILES string of the molecule is Nc1ccn([C@H]2CC[C@@H](COC#CCOCCOCCNC(=O)c3ccccc3C=O)O2)c(=O)n1. The Hall–Kier alpha value is -3.72. The van der Waals surface area contributed by atoms with Crippen LogP contribution in [-0.2, 0) is 18.9 Å². The van der Waals surface area contributed by atoms with Crippen LogP contribution in [-0.4, -0.2) is 67.4 Å². The zero-order valence-corrected chi connectivity index (χ0v) is 19.2. The summed E-state index contributed by atoms with van der Waals surface area (Å²) in [7, 11) is 0. The minimum Gasteiger partial charge on any atom is -0.444 e. The number of hydrogen-bond acceptors (Lipinski definition) is 9. The van der Waals surface area contributed by atoms with E-state index in [9.17, 15) is 14.4 Å². The Morgan fingerprint density at radius 1 is 1.23 bits per heavy atom. The van der Waals surface area contributed by atoms with E-state index >= 15 is 0 Å². The Labute approximate surface area is 202 Å². The van der Waals surface area contributed by atoms with Crippen molar-refractivity contribution in [3.8, 4) is 12.0 Å². The molecule has 0 spiro atoms. The van der Waals surface area contributed by atoms with Gasteiger partial charge in [0.05, 0.1) is 25.9 Å². The molecule has 2 heterocycles. The lowest BCUT2D eigenvalue weighted by Gasteiger charge is -2.14. The van der Waals surface area contributed by atoms with E-state index in [0.29, 0.717) is 50.2 Å². The molecule has 0 radical (unpaired) electrons. The van der Waals surface area contributed by atoms with E-state index in [0.717, 1.165) is 6.42 Å². The van der Waals surface area contributed by atoms with Crippen LogP contribution in [0.25, 0.3) is 0 Å². The zero-order valence-electron chi connectivity index (χ0n) is 19.2. The molecule has 1 aliphatic heterocycles. The van der Waals surface area contributed by atoms with E-state index in [1.807, 2.05) is 0 Å². The normalized spacial score (nSPS) is 16.8. The Morgan fingerprint density at radius 2 is 2.06 bits per heavy atom. The van der Waals surface area contributed by atoms with Crippen LogP contribution in [0.15, 0.2) is 41.3 Å². The maximum absolute atomic E-state index is 12.1. The molecule has 2 aromatic rings. The summed E-state index contributed by atoms with van der Waals surface area (Å²) < 4.78 is 23.3. The first-order chi connectivity index (χ1) is 17.1. The number of ether oxygens (including phenoxy) is 4. The van der Waals surface area contributed by atoms with Crippen molar-refractivity contribution in [1.29, 1.82) is 0 Å². The van der Waals surface area contributed by atoms with Gasteiger partial charge < -0.3 is 30.0 Å². The molecule has 0 unspecified atom stereocenters. The van der Waals surface area contributed by atoms with Crippen LogP contribution < -0.4 is 16.7 Å². The van der Waals surface area contributed by atoms with Gasteiger partial charge in [-0.05, 0) is 30.9 Å². The summed E-state index contributed by atoms with van der Waals surface area (Å²) in [5, 5.41) is 2.70. The molecule has 1 saturated heterocycles. The summed E-state index contributed by atoms with van der Waals surface area (Å²) >= 11 is 0. The maximum atomic E-state index is 12.1. The Bertz CT molecular complexity index is 1110. The first kappa shape index (κ1) is 25.9. The minimum absolute atomic E-state index is 0.166. The highest BCUT2D eigenvalue weighted by Crippen LogP contribution is 2.27. The molecular formula is C24H28N4O7. The van der Waals surface area contributed by atoms with Gasteiger partial charge in [0.15, 0.2) is 6.29 Å². The first-order valence-corrected chi connectivity index (χ1v) is 11.2. The lowest BCUT2D eigenvalue weighted by Crippen LogP contribution is -2.28. The molecule has 1 aliphatic rings. The molecule has 0 aliphatic carbocycles. The predicted molar refractivity (Wildman–Crippen MR) is 126 cm³/mol. The summed E-state index contributed by atoms with van der Waals surface area (Å²) in [6.45, 7) is 1.78. The molecule has 0 saturated carbocycles. The fourth-order valence-electron chi connectivity index (χ4n) is 3.36. The quantitative estimate of drug-likeness (QED) is 0.253. The Kier molecular flexibility index (Phi) is 10.3. The number of amides is 1. The number of hydrogen-bond donors (Lipinski definition) is 2. The largest absolute Gasteiger partial charge is 0.444 e. The molecular weight excluding hydrogens is 456 g/mol. The molecule has 2 atom stereocenters. The van der Waals surface area contributed by atoms with Crippen molar-refractivity contribution in [2.24, 2.45) is 0 Å². The minimum atomic E-state index is -0.442. The van der Waals surface area contributed by atoms with Crippen LogP contribution in [0.4, 0.5) is 5.82 Å². The van der Waals surface area contributed by atoms with E-state index < -0.39 is 5.69 Å². The van der Waals surface area contributed by atoms with Gasteiger partial charge in [-0.15, -0.1) is 0 Å². The fraction of sp³-hybridized carbons (Fsp3) is 0.417. The first-order valence-electron chi connectivity index (χ1n) is 11.2. The molecule has 35 heavy (non-hydrogen) atoms. The molecule has 1 aromatic carbocycles. The Morgan fingerprint density at radius 3 is 2.89 bits per heavy atom. The van der Waals surface area contributed by atoms with E-state index in [1.165, 1.54) is 4.57 Å². The number of nitrogen functional groups attached to an aromatic ring is 1. The number of aldehydes is 1. The van der Waals surface area contributed by atoms with Crippen molar-refractivity contribution in [2.75, 3.05) is 45.3 Å². The number of nitrogens with zero attached hydrogens (tertiary/aromatic N) is 2. The number of anilines is 1. The van der Waals surface area contributed by atoms with Crippen LogP contribution >= 0.6 is 0 Å². The maximum Gasteiger partial charge on any atom is 0.351 e. The van der Waals surface area contributed by atoms with E-state index in [1.54, 1.807) is 36.5 Å². The second-order valence-electron chi connectivity index (χ2n) is 7.55. The van der Waals surface area contributed by atoms with Crippen molar-refractivity contribution in [3.63, 3.8) is 0 Å². The smallest absolute Gasteiger partial charge is 0.351 e. The second-order valence-corrected chi connectivity index (χ2v) is 7.55. The summed E-state index contributed by atoms with van der Waals surface area (Å²) in [4.78, 5) is 38.6. The molecule has 11 nitrogen and oxygen atoms in total. The standard InChI is InChI=1S/C24H28N4O7/c25-21-8-10-28(24(31)27-21)22-7-6-19(35-22)17-34-12-3-11-32-14-15-33-13-9-26-23(30)20-5-2-1-4-18(20)16-29/h1-2,4-5,8,10,16,19,22H,6-7,9,11,13-15,17H2,(H,26,30)(H2,25,27,31)/t19-,22+/m0/s1. The van der Waals surface area contributed by atoms with E-state index in [2.05, 4.69) is 22.3 Å². The Balaban J connectivity index is 1.19. The molecule has 1 aromatic heterocycles. The van der Waals surface area contributed by atoms with Crippen LogP contribution in [0, 0.1) is 12.0 Å². The topological polar surface area (TPSA) is 144 Å². The van der Waals surface area contributed by atoms with Crippen LogP contribution in [0.2, 0.25) is 0 Å². The third kappa shape index (κ3) is 8.22. The van der Waals surface area contributed by atoms with E-state index in [4.69, 9.17) is 24.7 Å². The van der Waals surface area contributed by atoms with Crippen LogP contribution in [0.3, 0.4) is 0 Å². The van der Waals surface area contributed by atoms with Gasteiger partial charge in [-0.25, -0.2) is 4.79 Å². The third-order valence-electron chi connectivity index (χ3n) is 5.07.